The molecule has 0 radical (unpaired) electrons. The molecule has 0 fully saturated rings. The van der Waals surface area contributed by atoms with E-state index in [9.17, 15) is 13.2 Å². The van der Waals surface area contributed by atoms with Crippen molar-refractivity contribution in [1.82, 2.24) is 5.32 Å². The van der Waals surface area contributed by atoms with Crippen molar-refractivity contribution in [3.8, 4) is 11.5 Å². The summed E-state index contributed by atoms with van der Waals surface area (Å²) in [6.45, 7) is 3.92. The zero-order chi connectivity index (χ0) is 20.9. The fourth-order valence-corrected chi connectivity index (χ4v) is 3.06. The first-order valence-corrected chi connectivity index (χ1v) is 10.6. The van der Waals surface area contributed by atoms with Gasteiger partial charge in [0.15, 0.2) is 0 Å². The molecule has 7 nitrogen and oxygen atoms in total. The van der Waals surface area contributed by atoms with E-state index in [0.29, 0.717) is 23.6 Å². The lowest BCUT2D eigenvalue weighted by molar-refractivity contribution is 0.0926. The number of ether oxygens (including phenoxy) is 2. The van der Waals surface area contributed by atoms with Gasteiger partial charge in [-0.1, -0.05) is 6.07 Å². The van der Waals surface area contributed by atoms with E-state index >= 15 is 0 Å². The Bertz CT molecular complexity index is 926. The zero-order valence-corrected chi connectivity index (χ0v) is 17.5. The molecule has 152 valence electrons. The summed E-state index contributed by atoms with van der Waals surface area (Å²) >= 11 is 0. The van der Waals surface area contributed by atoms with Crippen LogP contribution in [-0.4, -0.2) is 47.4 Å². The van der Waals surface area contributed by atoms with Crippen molar-refractivity contribution in [2.45, 2.75) is 19.9 Å². The Morgan fingerprint density at radius 1 is 1.14 bits per heavy atom. The molecule has 2 rings (SSSR count). The number of sulfonamides is 1. The first-order chi connectivity index (χ1) is 13.1. The smallest absolute Gasteiger partial charge is 0.251 e. The number of hydrogen-bond donors (Lipinski definition) is 1. The van der Waals surface area contributed by atoms with Gasteiger partial charge in [0.2, 0.25) is 10.0 Å². The topological polar surface area (TPSA) is 84.9 Å². The van der Waals surface area contributed by atoms with Crippen LogP contribution in [0.4, 0.5) is 5.69 Å². The van der Waals surface area contributed by atoms with Gasteiger partial charge in [-0.25, -0.2) is 8.42 Å². The molecule has 0 heterocycles. The summed E-state index contributed by atoms with van der Waals surface area (Å²) in [5.41, 5.74) is 1.62. The van der Waals surface area contributed by atoms with E-state index in [1.807, 2.05) is 6.92 Å². The Balaban J connectivity index is 2.01. The molecule has 0 aliphatic heterocycles. The minimum atomic E-state index is -3.42. The number of rotatable bonds is 8. The third-order valence-corrected chi connectivity index (χ3v) is 5.44. The molecule has 0 aromatic heterocycles. The van der Waals surface area contributed by atoms with Crippen molar-refractivity contribution >= 4 is 21.6 Å². The lowest BCUT2D eigenvalue weighted by Crippen LogP contribution is -2.37. The van der Waals surface area contributed by atoms with Crippen molar-refractivity contribution in [2.24, 2.45) is 0 Å². The predicted molar refractivity (Wildman–Crippen MR) is 110 cm³/mol. The van der Waals surface area contributed by atoms with Crippen molar-refractivity contribution in [2.75, 3.05) is 31.3 Å². The van der Waals surface area contributed by atoms with E-state index in [4.69, 9.17) is 9.47 Å². The van der Waals surface area contributed by atoms with Crippen molar-refractivity contribution in [1.29, 1.82) is 0 Å². The minimum absolute atomic E-state index is 0.244. The van der Waals surface area contributed by atoms with Gasteiger partial charge in [-0.15, -0.1) is 0 Å². The fraction of sp³-hybridized carbons (Fsp3) is 0.350. The highest BCUT2D eigenvalue weighted by Crippen LogP contribution is 2.23. The van der Waals surface area contributed by atoms with Crippen LogP contribution in [0.3, 0.4) is 0 Å². The zero-order valence-electron chi connectivity index (χ0n) is 16.7. The highest BCUT2D eigenvalue weighted by atomic mass is 32.2. The highest BCUT2D eigenvalue weighted by Gasteiger charge is 2.17. The Labute approximate surface area is 166 Å². The maximum atomic E-state index is 12.5. The first kappa shape index (κ1) is 21.6. The van der Waals surface area contributed by atoms with Gasteiger partial charge >= 0.3 is 0 Å². The number of carbonyl (C=O) groups excluding carboxylic acids is 1. The molecule has 0 bridgehead atoms. The van der Waals surface area contributed by atoms with Crippen molar-refractivity contribution in [3.63, 3.8) is 0 Å². The van der Waals surface area contributed by atoms with Crippen LogP contribution in [0.15, 0.2) is 42.5 Å². The van der Waals surface area contributed by atoms with Crippen LogP contribution in [0.1, 0.15) is 22.8 Å². The van der Waals surface area contributed by atoms with E-state index in [1.54, 1.807) is 56.5 Å². The SMILES string of the molecule is COc1ccc(OC[C@@H](C)NC(=O)c2ccc(C)c(N(C)S(C)(=O)=O)c2)cc1. The van der Waals surface area contributed by atoms with Gasteiger partial charge in [0.25, 0.3) is 5.91 Å². The van der Waals surface area contributed by atoms with E-state index in [1.165, 1.54) is 7.05 Å². The first-order valence-electron chi connectivity index (χ1n) is 8.74. The Morgan fingerprint density at radius 3 is 2.32 bits per heavy atom. The van der Waals surface area contributed by atoms with E-state index in [-0.39, 0.29) is 11.9 Å². The molecule has 1 amide bonds. The molecule has 2 aromatic carbocycles. The monoisotopic (exact) mass is 406 g/mol. The molecule has 1 N–H and O–H groups in total. The normalized spacial score (nSPS) is 12.2. The van der Waals surface area contributed by atoms with E-state index < -0.39 is 10.0 Å². The molecule has 0 saturated carbocycles. The van der Waals surface area contributed by atoms with Crippen molar-refractivity contribution in [3.05, 3.63) is 53.6 Å². The maximum absolute atomic E-state index is 12.5. The number of aryl methyl sites for hydroxylation is 1. The van der Waals surface area contributed by atoms with E-state index in [2.05, 4.69) is 5.32 Å². The molecule has 0 saturated heterocycles. The van der Waals surface area contributed by atoms with Crippen LogP contribution in [0.25, 0.3) is 0 Å². The lowest BCUT2D eigenvalue weighted by Gasteiger charge is -2.20. The maximum Gasteiger partial charge on any atom is 0.251 e. The Kier molecular flexibility index (Phi) is 6.90. The quantitative estimate of drug-likeness (QED) is 0.728. The van der Waals surface area contributed by atoms with Crippen LogP contribution in [-0.2, 0) is 10.0 Å². The summed E-state index contributed by atoms with van der Waals surface area (Å²) in [4.78, 5) is 12.5. The number of nitrogens with one attached hydrogen (secondary N) is 1. The second-order valence-corrected chi connectivity index (χ2v) is 8.61. The van der Waals surface area contributed by atoms with Gasteiger partial charge in [0.05, 0.1) is 25.1 Å². The molecule has 0 spiro atoms. The summed E-state index contributed by atoms with van der Waals surface area (Å²) < 4.78 is 35.5. The molecule has 28 heavy (non-hydrogen) atoms. The van der Waals surface area contributed by atoms with Crippen LogP contribution >= 0.6 is 0 Å². The fourth-order valence-electron chi connectivity index (χ4n) is 2.51. The molecule has 2 aromatic rings. The van der Waals surface area contributed by atoms with Crippen molar-refractivity contribution < 1.29 is 22.7 Å². The summed E-state index contributed by atoms with van der Waals surface area (Å²) in [6, 6.07) is 11.9. The minimum Gasteiger partial charge on any atom is -0.497 e. The number of amides is 1. The number of benzene rings is 2. The number of carbonyl (C=O) groups is 1. The van der Waals surface area contributed by atoms with Crippen LogP contribution in [0.2, 0.25) is 0 Å². The average molecular weight is 407 g/mol. The van der Waals surface area contributed by atoms with Gasteiger partial charge in [-0.3, -0.25) is 9.10 Å². The third-order valence-electron chi connectivity index (χ3n) is 4.24. The van der Waals surface area contributed by atoms with Crippen LogP contribution in [0, 0.1) is 6.92 Å². The van der Waals surface area contributed by atoms with Gasteiger partial charge < -0.3 is 14.8 Å². The third kappa shape index (κ3) is 5.63. The summed E-state index contributed by atoms with van der Waals surface area (Å²) in [7, 11) is -0.358. The largest absolute Gasteiger partial charge is 0.497 e. The average Bonchev–Trinajstić information content (AvgIpc) is 2.65. The van der Waals surface area contributed by atoms with E-state index in [0.717, 1.165) is 21.9 Å². The summed E-state index contributed by atoms with van der Waals surface area (Å²) in [5.74, 6) is 1.12. The summed E-state index contributed by atoms with van der Waals surface area (Å²) in [6.07, 6.45) is 1.12. The Morgan fingerprint density at radius 2 is 1.75 bits per heavy atom. The van der Waals surface area contributed by atoms with Gasteiger partial charge in [-0.05, 0) is 55.8 Å². The molecule has 0 unspecified atom stereocenters. The second-order valence-electron chi connectivity index (χ2n) is 6.59. The number of methoxy groups -OCH3 is 1. The predicted octanol–water partition coefficient (Wildman–Crippen LogP) is 2.60. The van der Waals surface area contributed by atoms with Gasteiger partial charge in [-0.2, -0.15) is 0 Å². The number of anilines is 1. The number of hydrogen-bond acceptors (Lipinski definition) is 5. The van der Waals surface area contributed by atoms with Gasteiger partial charge in [0.1, 0.15) is 18.1 Å². The Hall–Kier alpha value is -2.74. The molecule has 1 atom stereocenters. The van der Waals surface area contributed by atoms with Gasteiger partial charge in [0, 0.05) is 12.6 Å². The second kappa shape index (κ2) is 8.97. The molecule has 0 aliphatic carbocycles. The number of nitrogens with zero attached hydrogens (tertiary/aromatic N) is 1. The molecular weight excluding hydrogens is 380 g/mol. The lowest BCUT2D eigenvalue weighted by atomic mass is 10.1. The molecule has 0 aliphatic rings. The molecular formula is C20H26N2O5S. The highest BCUT2D eigenvalue weighted by molar-refractivity contribution is 7.92. The molecule has 8 heteroatoms. The van der Waals surface area contributed by atoms with Crippen LogP contribution < -0.4 is 19.1 Å². The van der Waals surface area contributed by atoms with Crippen LogP contribution in [0.5, 0.6) is 11.5 Å². The standard InChI is InChI=1S/C20H26N2O5S/c1-14-6-7-16(12-19(14)22(3)28(5,24)25)20(23)21-15(2)13-27-18-10-8-17(26-4)9-11-18/h6-12,15H,13H2,1-5H3,(H,21,23)/t15-/m1/s1. The summed E-state index contributed by atoms with van der Waals surface area (Å²) in [5, 5.41) is 2.86.